The Morgan fingerprint density at radius 3 is 2.62 bits per heavy atom. The lowest BCUT2D eigenvalue weighted by Gasteiger charge is -2.11. The Balaban J connectivity index is 3.59. The van der Waals surface area contributed by atoms with Gasteiger partial charge < -0.3 is 10.5 Å². The number of hydrogen-bond acceptors (Lipinski definition) is 3. The summed E-state index contributed by atoms with van der Waals surface area (Å²) in [6, 6.07) is -0.896. The lowest BCUT2D eigenvalue weighted by Crippen LogP contribution is -2.36. The predicted octanol–water partition coefficient (Wildman–Crippen LogP) is 1.37. The molecule has 13 heavy (non-hydrogen) atoms. The van der Waals surface area contributed by atoms with E-state index in [4.69, 9.17) is 10.5 Å². The van der Waals surface area contributed by atoms with Crippen molar-refractivity contribution in [2.45, 2.75) is 39.2 Å². The lowest BCUT2D eigenvalue weighted by atomic mass is 10.2. The van der Waals surface area contributed by atoms with E-state index >= 15 is 0 Å². The first-order valence-corrected chi connectivity index (χ1v) is 4.33. The molecule has 3 amide bonds. The molecular weight excluding hydrogens is 172 g/mol. The van der Waals surface area contributed by atoms with Crippen molar-refractivity contribution in [3.8, 4) is 0 Å². The standard InChI is InChI=1S/C8H16N2O3/c1-3-4-5-6(2)13-8(12)10-7(9)11/h6H,3-5H2,1-2H3,(H3,9,10,11,12). The predicted molar refractivity (Wildman–Crippen MR) is 48.2 cm³/mol. The van der Waals surface area contributed by atoms with Crippen molar-refractivity contribution < 1.29 is 14.3 Å². The maximum absolute atomic E-state index is 10.8. The monoisotopic (exact) mass is 188 g/mol. The number of hydrogen-bond donors (Lipinski definition) is 2. The highest BCUT2D eigenvalue weighted by Gasteiger charge is 2.09. The molecular formula is C8H16N2O3. The summed E-state index contributed by atoms with van der Waals surface area (Å²) < 4.78 is 4.81. The summed E-state index contributed by atoms with van der Waals surface area (Å²) in [5, 5.41) is 1.83. The third-order valence-electron chi connectivity index (χ3n) is 1.50. The molecule has 0 saturated heterocycles. The zero-order valence-electron chi connectivity index (χ0n) is 8.00. The van der Waals surface area contributed by atoms with Crippen molar-refractivity contribution in [2.24, 2.45) is 5.73 Å². The molecule has 0 aliphatic carbocycles. The fraction of sp³-hybridized carbons (Fsp3) is 0.750. The number of ether oxygens (including phenoxy) is 1. The molecule has 3 N–H and O–H groups in total. The second-order valence-electron chi connectivity index (χ2n) is 2.85. The average molecular weight is 188 g/mol. The molecule has 0 aromatic carbocycles. The number of carbonyl (C=O) groups is 2. The summed E-state index contributed by atoms with van der Waals surface area (Å²) >= 11 is 0. The SMILES string of the molecule is CCCCC(C)OC(=O)NC(N)=O. The number of carbonyl (C=O) groups excluding carboxylic acids is 2. The quantitative estimate of drug-likeness (QED) is 0.699. The largest absolute Gasteiger partial charge is 0.446 e. The number of alkyl carbamates (subject to hydrolysis) is 1. The van der Waals surface area contributed by atoms with Crippen LogP contribution in [-0.4, -0.2) is 18.2 Å². The molecule has 0 fully saturated rings. The van der Waals surface area contributed by atoms with Crippen LogP contribution in [0.25, 0.3) is 0 Å². The molecule has 0 spiro atoms. The van der Waals surface area contributed by atoms with Gasteiger partial charge in [-0.25, -0.2) is 14.9 Å². The van der Waals surface area contributed by atoms with Crippen molar-refractivity contribution >= 4 is 12.1 Å². The average Bonchev–Trinajstić information content (AvgIpc) is 1.98. The van der Waals surface area contributed by atoms with E-state index in [-0.39, 0.29) is 6.10 Å². The topological polar surface area (TPSA) is 81.4 Å². The van der Waals surface area contributed by atoms with Crippen molar-refractivity contribution in [1.29, 1.82) is 0 Å². The number of amides is 3. The fourth-order valence-corrected chi connectivity index (χ4v) is 0.863. The summed E-state index contributed by atoms with van der Waals surface area (Å²) in [6.45, 7) is 3.83. The lowest BCUT2D eigenvalue weighted by molar-refractivity contribution is 0.103. The van der Waals surface area contributed by atoms with Crippen LogP contribution in [0.3, 0.4) is 0 Å². The Morgan fingerprint density at radius 1 is 1.54 bits per heavy atom. The van der Waals surface area contributed by atoms with Gasteiger partial charge in [0, 0.05) is 0 Å². The second kappa shape index (κ2) is 6.28. The Morgan fingerprint density at radius 2 is 2.15 bits per heavy atom. The molecule has 0 aliphatic rings. The minimum atomic E-state index is -0.896. The van der Waals surface area contributed by atoms with Crippen LogP contribution in [0.5, 0.6) is 0 Å². The first kappa shape index (κ1) is 11.7. The number of primary amides is 1. The summed E-state index contributed by atoms with van der Waals surface area (Å²) in [7, 11) is 0. The van der Waals surface area contributed by atoms with E-state index in [1.54, 1.807) is 6.92 Å². The normalized spacial score (nSPS) is 11.8. The highest BCUT2D eigenvalue weighted by atomic mass is 16.6. The molecule has 5 heteroatoms. The van der Waals surface area contributed by atoms with Gasteiger partial charge in [-0.15, -0.1) is 0 Å². The third-order valence-corrected chi connectivity index (χ3v) is 1.50. The van der Waals surface area contributed by atoms with Crippen LogP contribution < -0.4 is 11.1 Å². The zero-order valence-corrected chi connectivity index (χ0v) is 8.00. The Bertz CT molecular complexity index is 182. The number of nitrogens with one attached hydrogen (secondary N) is 1. The first-order chi connectivity index (χ1) is 6.06. The van der Waals surface area contributed by atoms with Crippen molar-refractivity contribution in [3.63, 3.8) is 0 Å². The van der Waals surface area contributed by atoms with Crippen LogP contribution in [0.15, 0.2) is 0 Å². The van der Waals surface area contributed by atoms with Gasteiger partial charge in [-0.1, -0.05) is 19.8 Å². The van der Waals surface area contributed by atoms with E-state index in [0.29, 0.717) is 0 Å². The van der Waals surface area contributed by atoms with E-state index in [9.17, 15) is 9.59 Å². The van der Waals surface area contributed by atoms with Crippen molar-refractivity contribution in [2.75, 3.05) is 0 Å². The maximum Gasteiger partial charge on any atom is 0.415 e. The second-order valence-corrected chi connectivity index (χ2v) is 2.85. The molecule has 0 bridgehead atoms. The van der Waals surface area contributed by atoms with E-state index < -0.39 is 12.1 Å². The van der Waals surface area contributed by atoms with Gasteiger partial charge in [0.15, 0.2) is 0 Å². The summed E-state index contributed by atoms with van der Waals surface area (Å²) in [5.74, 6) is 0. The maximum atomic E-state index is 10.8. The van der Waals surface area contributed by atoms with Crippen molar-refractivity contribution in [3.05, 3.63) is 0 Å². The van der Waals surface area contributed by atoms with Crippen molar-refractivity contribution in [1.82, 2.24) is 5.32 Å². The zero-order chi connectivity index (χ0) is 10.3. The van der Waals surface area contributed by atoms with E-state index in [2.05, 4.69) is 6.92 Å². The molecule has 5 nitrogen and oxygen atoms in total. The third kappa shape index (κ3) is 7.11. The molecule has 0 rings (SSSR count). The van der Waals surface area contributed by atoms with Gasteiger partial charge >= 0.3 is 12.1 Å². The highest BCUT2D eigenvalue weighted by molar-refractivity contribution is 5.89. The van der Waals surface area contributed by atoms with Gasteiger partial charge in [0.25, 0.3) is 0 Å². The number of nitrogens with two attached hydrogens (primary N) is 1. The Hall–Kier alpha value is -1.26. The van der Waals surface area contributed by atoms with Crippen LogP contribution in [-0.2, 0) is 4.74 Å². The molecule has 0 saturated carbocycles. The number of rotatable bonds is 4. The van der Waals surface area contributed by atoms with Crippen LogP contribution in [0.1, 0.15) is 33.1 Å². The van der Waals surface area contributed by atoms with Gasteiger partial charge in [0.1, 0.15) is 6.10 Å². The van der Waals surface area contributed by atoms with Gasteiger partial charge in [-0.05, 0) is 13.3 Å². The fourth-order valence-electron chi connectivity index (χ4n) is 0.863. The van der Waals surface area contributed by atoms with Crippen LogP contribution in [0.4, 0.5) is 9.59 Å². The summed E-state index contributed by atoms with van der Waals surface area (Å²) in [4.78, 5) is 21.0. The minimum absolute atomic E-state index is 0.181. The molecule has 0 aromatic heterocycles. The molecule has 0 aliphatic heterocycles. The van der Waals surface area contributed by atoms with Gasteiger partial charge in [0.05, 0.1) is 0 Å². The summed E-state index contributed by atoms with van der Waals surface area (Å²) in [5.41, 5.74) is 4.72. The number of urea groups is 1. The van der Waals surface area contributed by atoms with E-state index in [0.717, 1.165) is 19.3 Å². The molecule has 76 valence electrons. The number of imide groups is 1. The number of unbranched alkanes of at least 4 members (excludes halogenated alkanes) is 1. The molecule has 0 radical (unpaired) electrons. The first-order valence-electron chi connectivity index (χ1n) is 4.33. The Kier molecular flexibility index (Phi) is 5.67. The van der Waals surface area contributed by atoms with Crippen LogP contribution in [0.2, 0.25) is 0 Å². The molecule has 0 heterocycles. The van der Waals surface area contributed by atoms with Gasteiger partial charge in [0.2, 0.25) is 0 Å². The molecule has 1 atom stereocenters. The van der Waals surface area contributed by atoms with Crippen LogP contribution in [0, 0.1) is 0 Å². The smallest absolute Gasteiger partial charge is 0.415 e. The van der Waals surface area contributed by atoms with Crippen LogP contribution >= 0.6 is 0 Å². The minimum Gasteiger partial charge on any atom is -0.446 e. The molecule has 0 aromatic rings. The van der Waals surface area contributed by atoms with E-state index in [1.165, 1.54) is 0 Å². The van der Waals surface area contributed by atoms with E-state index in [1.807, 2.05) is 5.32 Å². The summed E-state index contributed by atoms with van der Waals surface area (Å²) in [6.07, 6.45) is 1.87. The Labute approximate surface area is 77.6 Å². The van der Waals surface area contributed by atoms with Gasteiger partial charge in [-0.2, -0.15) is 0 Å². The molecule has 1 unspecified atom stereocenters. The van der Waals surface area contributed by atoms with Gasteiger partial charge in [-0.3, -0.25) is 0 Å². The highest BCUT2D eigenvalue weighted by Crippen LogP contribution is 2.03.